The number of benzene rings is 1. The molecule has 0 fully saturated rings. The van der Waals surface area contributed by atoms with E-state index in [1.807, 2.05) is 12.1 Å². The van der Waals surface area contributed by atoms with Crippen molar-refractivity contribution >= 4 is 23.3 Å². The van der Waals surface area contributed by atoms with Crippen molar-refractivity contribution < 1.29 is 4.79 Å². The quantitative estimate of drug-likeness (QED) is 0.847. The molecule has 1 heterocycles. The van der Waals surface area contributed by atoms with Gasteiger partial charge in [0.1, 0.15) is 5.82 Å². The number of hydrogen-bond acceptors (Lipinski definition) is 4. The van der Waals surface area contributed by atoms with Gasteiger partial charge in [0.05, 0.1) is 0 Å². The number of carbonyl (C=O) groups is 1. The molecule has 0 bridgehead atoms. The maximum Gasteiger partial charge on any atom is 0.248 e. The monoisotopic (exact) mass is 318 g/mol. The molecule has 1 aromatic carbocycles. The van der Waals surface area contributed by atoms with E-state index < -0.39 is 5.91 Å². The summed E-state index contributed by atoms with van der Waals surface area (Å²) in [5, 5.41) is 3.49. The Morgan fingerprint density at radius 2 is 1.91 bits per heavy atom. The summed E-state index contributed by atoms with van der Waals surface area (Å²) >= 11 is 5.90. The first kappa shape index (κ1) is 16.2. The molecule has 0 unspecified atom stereocenters. The Hall–Kier alpha value is -2.14. The lowest BCUT2D eigenvalue weighted by atomic mass is 9.97. The number of nitrogens with two attached hydrogens (primary N) is 1. The molecular weight excluding hydrogens is 300 g/mol. The fraction of sp³-hybridized carbons (Fsp3) is 0.312. The molecule has 0 aliphatic carbocycles. The van der Waals surface area contributed by atoms with Crippen LogP contribution in [0.15, 0.2) is 30.5 Å². The maximum absolute atomic E-state index is 11.1. The number of nitrogens with zero attached hydrogens (tertiary/aromatic N) is 2. The minimum atomic E-state index is -0.454. The number of primary amides is 1. The first-order valence-corrected chi connectivity index (χ1v) is 7.31. The zero-order valence-electron chi connectivity index (χ0n) is 12.9. The van der Waals surface area contributed by atoms with Gasteiger partial charge in [0, 0.05) is 23.9 Å². The first-order valence-electron chi connectivity index (χ1n) is 6.93. The lowest BCUT2D eigenvalue weighted by molar-refractivity contribution is 0.100. The van der Waals surface area contributed by atoms with E-state index in [2.05, 4.69) is 36.1 Å². The van der Waals surface area contributed by atoms with Crippen LogP contribution in [0.2, 0.25) is 5.28 Å². The average Bonchev–Trinajstić information content (AvgIpc) is 2.44. The van der Waals surface area contributed by atoms with Crippen LogP contribution in [-0.4, -0.2) is 22.4 Å². The fourth-order valence-electron chi connectivity index (χ4n) is 1.87. The second kappa shape index (κ2) is 6.32. The summed E-state index contributed by atoms with van der Waals surface area (Å²) < 4.78 is 0. The Morgan fingerprint density at radius 3 is 2.45 bits per heavy atom. The number of aromatic nitrogens is 2. The first-order chi connectivity index (χ1) is 10.3. The van der Waals surface area contributed by atoms with Crippen molar-refractivity contribution in [3.63, 3.8) is 0 Å². The van der Waals surface area contributed by atoms with Crippen molar-refractivity contribution in [2.75, 3.05) is 11.9 Å². The predicted octanol–water partition coefficient (Wildman–Crippen LogP) is 3.35. The number of halogens is 1. The highest BCUT2D eigenvalue weighted by Crippen LogP contribution is 2.28. The van der Waals surface area contributed by atoms with Crippen LogP contribution in [-0.2, 0) is 0 Å². The van der Waals surface area contributed by atoms with Crippen molar-refractivity contribution in [3.05, 3.63) is 41.3 Å². The molecule has 1 aromatic heterocycles. The van der Waals surface area contributed by atoms with Gasteiger partial charge in [-0.25, -0.2) is 9.97 Å². The Bertz CT molecular complexity index is 678. The number of carbonyl (C=O) groups excluding carboxylic acids is 1. The summed E-state index contributed by atoms with van der Waals surface area (Å²) in [5.41, 5.74) is 7.53. The second-order valence-corrected chi connectivity index (χ2v) is 6.60. The van der Waals surface area contributed by atoms with Crippen molar-refractivity contribution in [3.8, 4) is 11.1 Å². The van der Waals surface area contributed by atoms with Gasteiger partial charge in [0.15, 0.2) is 0 Å². The van der Waals surface area contributed by atoms with E-state index in [-0.39, 0.29) is 10.7 Å². The third kappa shape index (κ3) is 4.18. The van der Waals surface area contributed by atoms with E-state index in [0.29, 0.717) is 11.4 Å². The van der Waals surface area contributed by atoms with Crippen LogP contribution in [0.4, 0.5) is 5.82 Å². The fourth-order valence-corrected chi connectivity index (χ4v) is 2.00. The van der Waals surface area contributed by atoms with Crippen LogP contribution in [0.25, 0.3) is 11.1 Å². The van der Waals surface area contributed by atoms with Gasteiger partial charge >= 0.3 is 0 Å². The summed E-state index contributed by atoms with van der Waals surface area (Å²) in [4.78, 5) is 19.4. The predicted molar refractivity (Wildman–Crippen MR) is 88.9 cm³/mol. The largest absolute Gasteiger partial charge is 0.369 e. The molecule has 0 saturated carbocycles. The summed E-state index contributed by atoms with van der Waals surface area (Å²) in [6.07, 6.45) is 1.67. The molecule has 6 heteroatoms. The molecule has 116 valence electrons. The van der Waals surface area contributed by atoms with E-state index in [1.165, 1.54) is 0 Å². The van der Waals surface area contributed by atoms with E-state index in [1.54, 1.807) is 18.3 Å². The van der Waals surface area contributed by atoms with E-state index in [4.69, 9.17) is 17.3 Å². The van der Waals surface area contributed by atoms with Gasteiger partial charge in [0.25, 0.3) is 0 Å². The minimum Gasteiger partial charge on any atom is -0.369 e. The van der Waals surface area contributed by atoms with Crippen LogP contribution >= 0.6 is 11.6 Å². The van der Waals surface area contributed by atoms with Crippen molar-refractivity contribution in [1.82, 2.24) is 9.97 Å². The third-order valence-electron chi connectivity index (χ3n) is 3.03. The van der Waals surface area contributed by atoms with Crippen LogP contribution in [0.5, 0.6) is 0 Å². The molecule has 0 aliphatic heterocycles. The van der Waals surface area contributed by atoms with E-state index in [9.17, 15) is 4.79 Å². The van der Waals surface area contributed by atoms with Gasteiger partial charge in [-0.05, 0) is 34.7 Å². The normalized spacial score (nSPS) is 11.3. The van der Waals surface area contributed by atoms with Gasteiger partial charge < -0.3 is 11.1 Å². The van der Waals surface area contributed by atoms with Gasteiger partial charge in [-0.2, -0.15) is 0 Å². The summed E-state index contributed by atoms with van der Waals surface area (Å²) in [7, 11) is 0. The van der Waals surface area contributed by atoms with Gasteiger partial charge in [-0.15, -0.1) is 0 Å². The summed E-state index contributed by atoms with van der Waals surface area (Å²) in [6.45, 7) is 7.13. The number of anilines is 1. The Morgan fingerprint density at radius 1 is 1.27 bits per heavy atom. The van der Waals surface area contributed by atoms with Crippen LogP contribution < -0.4 is 11.1 Å². The lowest BCUT2D eigenvalue weighted by Crippen LogP contribution is -2.20. The molecule has 1 amide bonds. The molecule has 5 nitrogen and oxygen atoms in total. The number of nitrogens with one attached hydrogen (secondary N) is 1. The Balaban J connectivity index is 2.35. The van der Waals surface area contributed by atoms with Crippen LogP contribution in [0, 0.1) is 5.41 Å². The standard InChI is InChI=1S/C16H19ClN4O/c1-16(2,3)9-20-14-12(8-19-15(17)21-14)10-4-6-11(7-5-10)13(18)22/h4-8H,9H2,1-3H3,(H2,18,22)(H,19,20,21). The molecule has 0 radical (unpaired) electrons. The van der Waals surface area contributed by atoms with Gasteiger partial charge in [0.2, 0.25) is 11.2 Å². The molecule has 3 N–H and O–H groups in total. The second-order valence-electron chi connectivity index (χ2n) is 6.26. The molecule has 2 rings (SSSR count). The third-order valence-corrected chi connectivity index (χ3v) is 3.21. The maximum atomic E-state index is 11.1. The average molecular weight is 319 g/mol. The van der Waals surface area contributed by atoms with Crippen molar-refractivity contribution in [2.24, 2.45) is 11.1 Å². The smallest absolute Gasteiger partial charge is 0.248 e. The SMILES string of the molecule is CC(C)(C)CNc1nc(Cl)ncc1-c1ccc(C(N)=O)cc1. The summed E-state index contributed by atoms with van der Waals surface area (Å²) in [6, 6.07) is 6.99. The topological polar surface area (TPSA) is 80.9 Å². The number of hydrogen-bond donors (Lipinski definition) is 2. The molecule has 0 spiro atoms. The minimum absolute atomic E-state index is 0.102. The highest BCUT2D eigenvalue weighted by molar-refractivity contribution is 6.28. The zero-order chi connectivity index (χ0) is 16.3. The molecule has 0 aliphatic rings. The lowest BCUT2D eigenvalue weighted by Gasteiger charge is -2.20. The van der Waals surface area contributed by atoms with Gasteiger partial charge in [-0.3, -0.25) is 4.79 Å². The van der Waals surface area contributed by atoms with Crippen LogP contribution in [0.3, 0.4) is 0 Å². The molecule has 0 saturated heterocycles. The van der Waals surface area contributed by atoms with Crippen molar-refractivity contribution in [2.45, 2.75) is 20.8 Å². The number of rotatable bonds is 4. The Labute approximate surface area is 134 Å². The highest BCUT2D eigenvalue weighted by atomic mass is 35.5. The molecular formula is C16H19ClN4O. The van der Waals surface area contributed by atoms with E-state index >= 15 is 0 Å². The van der Waals surface area contributed by atoms with Crippen LogP contribution in [0.1, 0.15) is 31.1 Å². The molecule has 22 heavy (non-hydrogen) atoms. The molecule has 0 atom stereocenters. The highest BCUT2D eigenvalue weighted by Gasteiger charge is 2.14. The van der Waals surface area contributed by atoms with Gasteiger partial charge in [-0.1, -0.05) is 32.9 Å². The Kier molecular flexibility index (Phi) is 4.66. The number of amides is 1. The zero-order valence-corrected chi connectivity index (χ0v) is 13.6. The summed E-state index contributed by atoms with van der Waals surface area (Å²) in [5.74, 6) is 0.215. The van der Waals surface area contributed by atoms with E-state index in [0.717, 1.165) is 17.7 Å². The van der Waals surface area contributed by atoms with Crippen molar-refractivity contribution in [1.29, 1.82) is 0 Å². The molecule has 2 aromatic rings.